The molecule has 0 fully saturated rings. The molecule has 0 radical (unpaired) electrons. The quantitative estimate of drug-likeness (QED) is 0.353. The monoisotopic (exact) mass is 460 g/mol. The fourth-order valence-electron chi connectivity index (χ4n) is 4.16. The van der Waals surface area contributed by atoms with Crippen LogP contribution in [0.2, 0.25) is 5.02 Å². The molecule has 0 unspecified atom stereocenters. The lowest BCUT2D eigenvalue weighted by atomic mass is 10.2. The average molecular weight is 461 g/mol. The van der Waals surface area contributed by atoms with Crippen LogP contribution < -0.4 is 17.0 Å². The van der Waals surface area contributed by atoms with Gasteiger partial charge in [0.05, 0.1) is 22.1 Å². The van der Waals surface area contributed by atoms with Gasteiger partial charge in [0.25, 0.3) is 5.56 Å². The van der Waals surface area contributed by atoms with Crippen molar-refractivity contribution in [3.8, 4) is 5.69 Å². The smallest absolute Gasteiger partial charge is 0.354 e. The molecule has 5 rings (SSSR count). The third-order valence-electron chi connectivity index (χ3n) is 5.52. The Hall–Kier alpha value is -4.30. The summed E-state index contributed by atoms with van der Waals surface area (Å²) in [6, 6.07) is 18.5. The van der Waals surface area contributed by atoms with Crippen LogP contribution in [0.15, 0.2) is 76.3 Å². The number of hydrogen-bond acceptors (Lipinski definition) is 4. The van der Waals surface area contributed by atoms with Crippen molar-refractivity contribution >= 4 is 45.1 Å². The second-order valence-corrected chi connectivity index (χ2v) is 8.05. The standard InChI is InChI=1S/C24H17ClN4O4/c25-14-8-9-19-17(11-14)20(29-22(30)16-6-1-2-7-18(16)27-24(29)33)21(23(31)32)28(19)12-13-4-3-5-15(26)10-13/h1-11H,12,26H2,(H,27,33)(H,31,32). The molecule has 0 aliphatic rings. The molecule has 0 saturated carbocycles. The molecule has 33 heavy (non-hydrogen) atoms. The van der Waals surface area contributed by atoms with Gasteiger partial charge in [0.15, 0.2) is 5.69 Å². The Morgan fingerprint density at radius 1 is 1.00 bits per heavy atom. The summed E-state index contributed by atoms with van der Waals surface area (Å²) in [5, 5.41) is 11.2. The molecule has 8 nitrogen and oxygen atoms in total. The maximum atomic E-state index is 13.4. The summed E-state index contributed by atoms with van der Waals surface area (Å²) < 4.78 is 2.40. The zero-order chi connectivity index (χ0) is 23.3. The second kappa shape index (κ2) is 7.68. The van der Waals surface area contributed by atoms with Crippen LogP contribution in [0.25, 0.3) is 27.5 Å². The molecule has 5 aromatic rings. The number of halogens is 1. The first-order valence-corrected chi connectivity index (χ1v) is 10.4. The zero-order valence-corrected chi connectivity index (χ0v) is 17.8. The molecular weight excluding hydrogens is 444 g/mol. The van der Waals surface area contributed by atoms with E-state index in [1.807, 2.05) is 6.07 Å². The molecule has 0 atom stereocenters. The summed E-state index contributed by atoms with van der Waals surface area (Å²) in [5.74, 6) is -1.29. The molecule has 0 aliphatic heterocycles. The predicted octanol–water partition coefficient (Wildman–Crippen LogP) is 3.62. The fraction of sp³-hybridized carbons (Fsp3) is 0.0417. The van der Waals surface area contributed by atoms with E-state index in [1.54, 1.807) is 65.2 Å². The van der Waals surface area contributed by atoms with E-state index in [4.69, 9.17) is 17.3 Å². The molecule has 3 aromatic carbocycles. The summed E-state index contributed by atoms with van der Waals surface area (Å²) in [6.45, 7) is 0.158. The van der Waals surface area contributed by atoms with E-state index in [-0.39, 0.29) is 23.3 Å². The highest BCUT2D eigenvalue weighted by atomic mass is 35.5. The first-order chi connectivity index (χ1) is 15.8. The van der Waals surface area contributed by atoms with Crippen molar-refractivity contribution in [3.63, 3.8) is 0 Å². The van der Waals surface area contributed by atoms with Crippen LogP contribution >= 0.6 is 11.6 Å². The number of benzene rings is 3. The Balaban J connectivity index is 1.91. The Kier molecular flexibility index (Phi) is 4.79. The lowest BCUT2D eigenvalue weighted by molar-refractivity contribution is 0.0686. The van der Waals surface area contributed by atoms with Gasteiger partial charge in [-0.3, -0.25) is 4.79 Å². The van der Waals surface area contributed by atoms with Gasteiger partial charge in [-0.25, -0.2) is 14.2 Å². The predicted molar refractivity (Wildman–Crippen MR) is 128 cm³/mol. The Morgan fingerprint density at radius 3 is 2.55 bits per heavy atom. The Morgan fingerprint density at radius 2 is 1.79 bits per heavy atom. The maximum absolute atomic E-state index is 13.4. The van der Waals surface area contributed by atoms with Crippen LogP contribution in [0.4, 0.5) is 5.69 Å². The minimum Gasteiger partial charge on any atom is -0.477 e. The van der Waals surface area contributed by atoms with Gasteiger partial charge < -0.3 is 20.4 Å². The van der Waals surface area contributed by atoms with Gasteiger partial charge >= 0.3 is 11.7 Å². The Labute approximate surface area is 191 Å². The van der Waals surface area contributed by atoms with Crippen molar-refractivity contribution in [3.05, 3.63) is 104 Å². The highest BCUT2D eigenvalue weighted by Gasteiger charge is 2.27. The van der Waals surface area contributed by atoms with Crippen molar-refractivity contribution in [2.75, 3.05) is 5.73 Å². The number of aromatic carboxylic acids is 1. The number of anilines is 1. The van der Waals surface area contributed by atoms with Crippen LogP contribution in [0.5, 0.6) is 0 Å². The second-order valence-electron chi connectivity index (χ2n) is 7.61. The van der Waals surface area contributed by atoms with Gasteiger partial charge in [-0.1, -0.05) is 35.9 Å². The van der Waals surface area contributed by atoms with Crippen LogP contribution in [0.1, 0.15) is 16.1 Å². The van der Waals surface area contributed by atoms with E-state index >= 15 is 0 Å². The lowest BCUT2D eigenvalue weighted by Gasteiger charge is -2.11. The van der Waals surface area contributed by atoms with E-state index in [2.05, 4.69) is 4.98 Å². The number of nitrogens with one attached hydrogen (secondary N) is 1. The zero-order valence-electron chi connectivity index (χ0n) is 17.1. The van der Waals surface area contributed by atoms with Gasteiger partial charge in [-0.2, -0.15) is 0 Å². The van der Waals surface area contributed by atoms with E-state index in [0.29, 0.717) is 27.1 Å². The van der Waals surface area contributed by atoms with Crippen molar-refractivity contribution in [2.45, 2.75) is 6.54 Å². The van der Waals surface area contributed by atoms with Gasteiger partial charge in [-0.05, 0) is 48.0 Å². The van der Waals surface area contributed by atoms with Gasteiger partial charge in [0, 0.05) is 22.6 Å². The number of fused-ring (bicyclic) bond motifs is 2. The van der Waals surface area contributed by atoms with Gasteiger partial charge in [0.2, 0.25) is 0 Å². The number of nitrogen functional groups attached to an aromatic ring is 1. The number of H-pyrrole nitrogens is 1. The van der Waals surface area contributed by atoms with Gasteiger partial charge in [0.1, 0.15) is 0 Å². The molecule has 9 heteroatoms. The third kappa shape index (κ3) is 3.37. The number of aromatic amines is 1. The van der Waals surface area contributed by atoms with Crippen LogP contribution in [-0.2, 0) is 6.54 Å². The van der Waals surface area contributed by atoms with Crippen molar-refractivity contribution in [1.82, 2.24) is 14.1 Å². The molecule has 0 saturated heterocycles. The summed E-state index contributed by atoms with van der Waals surface area (Å²) in [4.78, 5) is 41.6. The summed E-state index contributed by atoms with van der Waals surface area (Å²) in [5.41, 5.74) is 6.44. The summed E-state index contributed by atoms with van der Waals surface area (Å²) in [6.07, 6.45) is 0. The van der Waals surface area contributed by atoms with Crippen LogP contribution in [0.3, 0.4) is 0 Å². The normalized spacial score (nSPS) is 11.3. The number of nitrogens with zero attached hydrogens (tertiary/aromatic N) is 2. The number of rotatable bonds is 4. The maximum Gasteiger partial charge on any atom is 0.354 e. The Bertz CT molecular complexity index is 1700. The van der Waals surface area contributed by atoms with E-state index in [0.717, 1.165) is 10.1 Å². The molecule has 164 valence electrons. The molecule has 4 N–H and O–H groups in total. The average Bonchev–Trinajstić information content (AvgIpc) is 3.07. The number of aromatic nitrogens is 3. The highest BCUT2D eigenvalue weighted by molar-refractivity contribution is 6.31. The van der Waals surface area contributed by atoms with Crippen molar-refractivity contribution in [1.29, 1.82) is 0 Å². The molecule has 0 amide bonds. The SMILES string of the molecule is Nc1cccc(Cn2c(C(=O)O)c(-n3c(=O)[nH]c4ccccc4c3=O)c3cc(Cl)ccc32)c1. The minimum absolute atomic E-state index is 0.0408. The molecule has 0 bridgehead atoms. The van der Waals surface area contributed by atoms with Gasteiger partial charge in [-0.15, -0.1) is 0 Å². The molecule has 0 spiro atoms. The summed E-state index contributed by atoms with van der Waals surface area (Å²) in [7, 11) is 0. The van der Waals surface area contributed by atoms with Crippen molar-refractivity contribution in [2.24, 2.45) is 0 Å². The number of para-hydroxylation sites is 1. The fourth-order valence-corrected chi connectivity index (χ4v) is 4.33. The van der Waals surface area contributed by atoms with Crippen molar-refractivity contribution < 1.29 is 9.90 Å². The third-order valence-corrected chi connectivity index (χ3v) is 5.76. The van der Waals surface area contributed by atoms with Crippen LogP contribution in [-0.4, -0.2) is 25.2 Å². The van der Waals surface area contributed by atoms with E-state index < -0.39 is 17.2 Å². The number of carboxylic acids is 1. The topological polar surface area (TPSA) is 123 Å². The van der Waals surface area contributed by atoms with E-state index in [1.165, 1.54) is 0 Å². The van der Waals surface area contributed by atoms with E-state index in [9.17, 15) is 19.5 Å². The number of nitrogens with two attached hydrogens (primary N) is 1. The number of hydrogen-bond donors (Lipinski definition) is 3. The molecular formula is C24H17ClN4O4. The molecule has 2 aromatic heterocycles. The molecule has 0 aliphatic carbocycles. The van der Waals surface area contributed by atoms with Crippen LogP contribution in [0, 0.1) is 0 Å². The molecule has 2 heterocycles. The largest absolute Gasteiger partial charge is 0.477 e. The minimum atomic E-state index is -1.29. The number of carboxylic acid groups (broad SMARTS) is 1. The first-order valence-electron chi connectivity index (χ1n) is 9.99. The summed E-state index contributed by atoms with van der Waals surface area (Å²) >= 11 is 6.23. The first kappa shape index (κ1) is 20.6. The lowest BCUT2D eigenvalue weighted by Crippen LogP contribution is -2.34. The highest BCUT2D eigenvalue weighted by Crippen LogP contribution is 2.32. The number of carbonyl (C=O) groups is 1.